The molecule has 0 amide bonds. The van der Waals surface area contributed by atoms with E-state index in [1.807, 2.05) is 0 Å². The van der Waals surface area contributed by atoms with Crippen LogP contribution in [-0.2, 0) is 0 Å². The standard InChI is InChI=1S/C10H6O5.Na.H/c11-6-3-1-2-5-7(12)4-8(10(13)14)15-9(5)6;;/h1-4,11H,(H,13,14);;/q;+1;-1. The molecule has 0 aliphatic heterocycles. The number of phenolic OH excluding ortho intramolecular Hbond substituents is 1. The summed E-state index contributed by atoms with van der Waals surface area (Å²) in [6.45, 7) is 0. The number of phenols is 1. The van der Waals surface area contributed by atoms with Crippen LogP contribution in [0.2, 0.25) is 0 Å². The third-order valence-corrected chi connectivity index (χ3v) is 1.94. The van der Waals surface area contributed by atoms with Crippen molar-refractivity contribution in [2.24, 2.45) is 0 Å². The average Bonchev–Trinajstić information content (AvgIpc) is 2.19. The molecule has 1 aromatic heterocycles. The normalized spacial score (nSPS) is 9.75. The number of benzene rings is 1. The number of aromatic hydroxyl groups is 1. The molecular formula is C10H7NaO5. The SMILES string of the molecule is O=C(O)c1cc(=O)c2cccc(O)c2o1.[H-].[Na+]. The van der Waals surface area contributed by atoms with Crippen LogP contribution in [0.3, 0.4) is 0 Å². The van der Waals surface area contributed by atoms with Crippen molar-refractivity contribution in [2.45, 2.75) is 0 Å². The van der Waals surface area contributed by atoms with Crippen molar-refractivity contribution in [2.75, 3.05) is 0 Å². The predicted octanol–water partition coefficient (Wildman–Crippen LogP) is -1.69. The van der Waals surface area contributed by atoms with Crippen molar-refractivity contribution >= 4 is 16.9 Å². The minimum atomic E-state index is -1.35. The van der Waals surface area contributed by atoms with Crippen molar-refractivity contribution in [3.8, 4) is 5.75 Å². The molecule has 2 rings (SSSR count). The number of carbonyl (C=O) groups is 1. The zero-order valence-corrected chi connectivity index (χ0v) is 10.4. The first-order valence-electron chi connectivity index (χ1n) is 4.09. The van der Waals surface area contributed by atoms with E-state index >= 15 is 0 Å². The van der Waals surface area contributed by atoms with Gasteiger partial charge in [0.05, 0.1) is 5.39 Å². The molecule has 16 heavy (non-hydrogen) atoms. The van der Waals surface area contributed by atoms with E-state index in [4.69, 9.17) is 9.52 Å². The molecule has 5 nitrogen and oxygen atoms in total. The first kappa shape index (κ1) is 12.8. The van der Waals surface area contributed by atoms with Crippen LogP contribution in [0.25, 0.3) is 11.0 Å². The van der Waals surface area contributed by atoms with E-state index in [0.717, 1.165) is 6.07 Å². The zero-order chi connectivity index (χ0) is 11.0. The van der Waals surface area contributed by atoms with Crippen molar-refractivity contribution < 1.29 is 50.4 Å². The van der Waals surface area contributed by atoms with Gasteiger partial charge in [0, 0.05) is 6.07 Å². The van der Waals surface area contributed by atoms with E-state index in [1.165, 1.54) is 18.2 Å². The Balaban J connectivity index is 0.00000128. The Labute approximate surface area is 113 Å². The summed E-state index contributed by atoms with van der Waals surface area (Å²) in [5.41, 5.74) is -0.605. The smallest absolute Gasteiger partial charge is 1.00 e. The molecule has 0 aliphatic carbocycles. The Morgan fingerprint density at radius 2 is 2.06 bits per heavy atom. The second-order valence-electron chi connectivity index (χ2n) is 2.93. The van der Waals surface area contributed by atoms with E-state index in [0.29, 0.717) is 0 Å². The summed E-state index contributed by atoms with van der Waals surface area (Å²) >= 11 is 0. The Hall–Kier alpha value is -1.30. The summed E-state index contributed by atoms with van der Waals surface area (Å²) in [6, 6.07) is 5.13. The quantitative estimate of drug-likeness (QED) is 0.571. The molecule has 2 N–H and O–H groups in total. The number of aromatic carboxylic acids is 1. The molecule has 78 valence electrons. The minimum absolute atomic E-state index is 0. The van der Waals surface area contributed by atoms with Crippen LogP contribution >= 0.6 is 0 Å². The molecule has 6 heteroatoms. The molecule has 0 aliphatic rings. The predicted molar refractivity (Wildman–Crippen MR) is 52.2 cm³/mol. The van der Waals surface area contributed by atoms with Crippen LogP contribution in [0.4, 0.5) is 0 Å². The van der Waals surface area contributed by atoms with Crippen LogP contribution in [0.1, 0.15) is 12.0 Å². The topological polar surface area (TPSA) is 87.7 Å². The van der Waals surface area contributed by atoms with Crippen molar-refractivity contribution in [1.82, 2.24) is 0 Å². The van der Waals surface area contributed by atoms with Crippen LogP contribution in [0.5, 0.6) is 5.75 Å². The summed E-state index contributed by atoms with van der Waals surface area (Å²) in [7, 11) is 0. The summed E-state index contributed by atoms with van der Waals surface area (Å²) in [5.74, 6) is -2.10. The van der Waals surface area contributed by atoms with Crippen LogP contribution in [-0.4, -0.2) is 16.2 Å². The van der Waals surface area contributed by atoms with E-state index < -0.39 is 17.2 Å². The Morgan fingerprint density at radius 1 is 1.38 bits per heavy atom. The fraction of sp³-hybridized carbons (Fsp3) is 0. The molecule has 0 atom stereocenters. The molecule has 0 fully saturated rings. The molecule has 0 saturated carbocycles. The number of para-hydroxylation sites is 1. The number of carboxylic acid groups (broad SMARTS) is 1. The van der Waals surface area contributed by atoms with Gasteiger partial charge in [0.15, 0.2) is 16.8 Å². The molecule has 0 saturated heterocycles. The number of hydrogen-bond donors (Lipinski definition) is 2. The number of carboxylic acids is 1. The van der Waals surface area contributed by atoms with Gasteiger partial charge in [0.1, 0.15) is 0 Å². The van der Waals surface area contributed by atoms with Gasteiger partial charge in [-0.2, -0.15) is 0 Å². The maximum Gasteiger partial charge on any atom is 1.00 e. The summed E-state index contributed by atoms with van der Waals surface area (Å²) in [5, 5.41) is 18.2. The van der Waals surface area contributed by atoms with E-state index in [-0.39, 0.29) is 47.7 Å². The first-order chi connectivity index (χ1) is 7.09. The van der Waals surface area contributed by atoms with Crippen LogP contribution < -0.4 is 35.0 Å². The Kier molecular flexibility index (Phi) is 3.74. The van der Waals surface area contributed by atoms with Crippen LogP contribution in [0, 0.1) is 0 Å². The fourth-order valence-electron chi connectivity index (χ4n) is 1.27. The van der Waals surface area contributed by atoms with Gasteiger partial charge < -0.3 is 16.1 Å². The first-order valence-corrected chi connectivity index (χ1v) is 4.09. The fourth-order valence-corrected chi connectivity index (χ4v) is 1.27. The summed E-state index contributed by atoms with van der Waals surface area (Å²) < 4.78 is 4.89. The van der Waals surface area contributed by atoms with Gasteiger partial charge in [-0.3, -0.25) is 4.79 Å². The maximum absolute atomic E-state index is 11.4. The molecule has 0 radical (unpaired) electrons. The second-order valence-corrected chi connectivity index (χ2v) is 2.93. The summed E-state index contributed by atoms with van der Waals surface area (Å²) in [4.78, 5) is 22.0. The average molecular weight is 230 g/mol. The van der Waals surface area contributed by atoms with Gasteiger partial charge in [-0.25, -0.2) is 4.79 Å². The maximum atomic E-state index is 11.4. The molecule has 2 aromatic rings. The number of rotatable bonds is 1. The third kappa shape index (κ3) is 2.11. The molecule has 1 heterocycles. The molecule has 0 spiro atoms. The second kappa shape index (κ2) is 4.69. The van der Waals surface area contributed by atoms with Crippen molar-refractivity contribution in [1.29, 1.82) is 0 Å². The minimum Gasteiger partial charge on any atom is -1.00 e. The zero-order valence-electron chi connectivity index (χ0n) is 9.43. The molecule has 1 aromatic carbocycles. The Bertz CT molecular complexity index is 607. The Morgan fingerprint density at radius 3 is 2.69 bits per heavy atom. The summed E-state index contributed by atoms with van der Waals surface area (Å²) in [6.07, 6.45) is 0. The molecular weight excluding hydrogens is 223 g/mol. The van der Waals surface area contributed by atoms with Gasteiger partial charge in [0.2, 0.25) is 5.76 Å². The van der Waals surface area contributed by atoms with Gasteiger partial charge in [-0.15, -0.1) is 0 Å². The number of fused-ring (bicyclic) bond motifs is 1. The van der Waals surface area contributed by atoms with Gasteiger partial charge >= 0.3 is 35.5 Å². The van der Waals surface area contributed by atoms with Gasteiger partial charge in [-0.05, 0) is 12.1 Å². The largest absolute Gasteiger partial charge is 1.00 e. The van der Waals surface area contributed by atoms with E-state index in [9.17, 15) is 14.7 Å². The van der Waals surface area contributed by atoms with E-state index in [1.54, 1.807) is 0 Å². The van der Waals surface area contributed by atoms with Crippen molar-refractivity contribution in [3.63, 3.8) is 0 Å². The monoisotopic (exact) mass is 230 g/mol. The van der Waals surface area contributed by atoms with E-state index in [2.05, 4.69) is 0 Å². The molecule has 0 bridgehead atoms. The van der Waals surface area contributed by atoms with Gasteiger partial charge in [0.25, 0.3) is 0 Å². The molecule has 0 unspecified atom stereocenters. The van der Waals surface area contributed by atoms with Crippen LogP contribution in [0.15, 0.2) is 33.5 Å². The van der Waals surface area contributed by atoms with Gasteiger partial charge in [-0.1, -0.05) is 6.07 Å². The number of hydrogen-bond acceptors (Lipinski definition) is 4. The van der Waals surface area contributed by atoms with Crippen molar-refractivity contribution in [3.05, 3.63) is 40.2 Å². The third-order valence-electron chi connectivity index (χ3n) is 1.94.